The number of hydrogen-bond acceptors (Lipinski definition) is 7. The Balaban J connectivity index is 1.61. The van der Waals surface area contributed by atoms with Crippen LogP contribution in [0.5, 0.6) is 5.75 Å². The van der Waals surface area contributed by atoms with Crippen molar-refractivity contribution in [2.24, 2.45) is 0 Å². The molecule has 8 heteroatoms. The van der Waals surface area contributed by atoms with E-state index >= 15 is 0 Å². The summed E-state index contributed by atoms with van der Waals surface area (Å²) in [6.07, 6.45) is -0.0916. The maximum atomic E-state index is 12.3. The Morgan fingerprint density at radius 3 is 2.57 bits per heavy atom. The number of rotatable bonds is 7. The van der Waals surface area contributed by atoms with E-state index in [0.717, 1.165) is 17.3 Å². The minimum absolute atomic E-state index is 0.0916. The lowest BCUT2D eigenvalue weighted by Gasteiger charge is -2.08. The average Bonchev–Trinajstić information content (AvgIpc) is 2.70. The lowest BCUT2D eigenvalue weighted by Crippen LogP contribution is -2.30. The maximum absolute atomic E-state index is 12.3. The lowest BCUT2D eigenvalue weighted by molar-refractivity contribution is -0.131. The van der Waals surface area contributed by atoms with Gasteiger partial charge in [0.25, 0.3) is 0 Å². The highest BCUT2D eigenvalue weighted by molar-refractivity contribution is 8.13. The van der Waals surface area contributed by atoms with Gasteiger partial charge in [0.1, 0.15) is 11.3 Å². The molecule has 0 aliphatic carbocycles. The van der Waals surface area contributed by atoms with Crippen molar-refractivity contribution in [3.8, 4) is 5.75 Å². The highest BCUT2D eigenvalue weighted by atomic mass is 32.2. The first-order valence-electron chi connectivity index (χ1n) is 9.12. The Morgan fingerprint density at radius 2 is 1.83 bits per heavy atom. The van der Waals surface area contributed by atoms with E-state index < -0.39 is 11.6 Å². The largest absolute Gasteiger partial charge is 0.427 e. The molecule has 0 atom stereocenters. The summed E-state index contributed by atoms with van der Waals surface area (Å²) in [5.41, 5.74) is 1.06. The monoisotopic (exact) mass is 425 g/mol. The van der Waals surface area contributed by atoms with Crippen LogP contribution in [0.15, 0.2) is 63.8 Å². The fourth-order valence-electron chi connectivity index (χ4n) is 2.78. The molecule has 0 bridgehead atoms. The van der Waals surface area contributed by atoms with E-state index in [-0.39, 0.29) is 35.3 Å². The third-order valence-electron chi connectivity index (χ3n) is 4.09. The topological polar surface area (TPSA) is 103 Å². The van der Waals surface area contributed by atoms with Crippen molar-refractivity contribution in [3.05, 3.63) is 76.1 Å². The first-order valence-corrected chi connectivity index (χ1v) is 10.1. The molecule has 0 aliphatic rings. The standard InChI is InChI=1S/C22H19NO6S/c1-14(24)28-17-7-8-18-16(10-21(26)29-19(18)11-17)9-20(25)23-12-22(27)30-13-15-5-3-2-4-6-15/h2-8,10-11H,9,12-13H2,1H3,(H,23,25). The molecule has 0 saturated carbocycles. The van der Waals surface area contributed by atoms with Crippen LogP contribution in [-0.2, 0) is 26.6 Å². The summed E-state index contributed by atoms with van der Waals surface area (Å²) in [5, 5.41) is 2.97. The SMILES string of the molecule is CC(=O)Oc1ccc2c(CC(=O)NCC(=O)SCc3ccccc3)cc(=O)oc2c1. The van der Waals surface area contributed by atoms with Gasteiger partial charge in [0.05, 0.1) is 13.0 Å². The van der Waals surface area contributed by atoms with Gasteiger partial charge in [0, 0.05) is 30.2 Å². The van der Waals surface area contributed by atoms with Crippen LogP contribution in [0.3, 0.4) is 0 Å². The number of benzene rings is 2. The predicted molar refractivity (Wildman–Crippen MR) is 113 cm³/mol. The van der Waals surface area contributed by atoms with E-state index in [1.807, 2.05) is 30.3 Å². The summed E-state index contributed by atoms with van der Waals surface area (Å²) >= 11 is 1.13. The van der Waals surface area contributed by atoms with Gasteiger partial charge in [-0.05, 0) is 23.3 Å². The average molecular weight is 425 g/mol. The smallest absolute Gasteiger partial charge is 0.336 e. The number of amides is 1. The number of carbonyl (C=O) groups is 3. The maximum Gasteiger partial charge on any atom is 0.336 e. The normalized spacial score (nSPS) is 10.6. The summed E-state index contributed by atoms with van der Waals surface area (Å²) in [5.74, 6) is -0.118. The summed E-state index contributed by atoms with van der Waals surface area (Å²) < 4.78 is 10.1. The van der Waals surface area contributed by atoms with Gasteiger partial charge < -0.3 is 14.5 Å². The van der Waals surface area contributed by atoms with Gasteiger partial charge >= 0.3 is 11.6 Å². The Morgan fingerprint density at radius 1 is 1.07 bits per heavy atom. The highest BCUT2D eigenvalue weighted by Crippen LogP contribution is 2.23. The number of carbonyl (C=O) groups excluding carboxylic acids is 3. The highest BCUT2D eigenvalue weighted by Gasteiger charge is 2.13. The van der Waals surface area contributed by atoms with Crippen LogP contribution in [0.1, 0.15) is 18.1 Å². The second-order valence-electron chi connectivity index (χ2n) is 6.44. The lowest BCUT2D eigenvalue weighted by atomic mass is 10.1. The first-order chi connectivity index (χ1) is 14.4. The molecule has 0 saturated heterocycles. The molecule has 1 N–H and O–H groups in total. The first kappa shape index (κ1) is 21.3. The number of ether oxygens (including phenoxy) is 1. The van der Waals surface area contributed by atoms with Crippen LogP contribution in [0, 0.1) is 0 Å². The number of hydrogen-bond donors (Lipinski definition) is 1. The van der Waals surface area contributed by atoms with Crippen LogP contribution in [0.4, 0.5) is 0 Å². The molecule has 2 aromatic carbocycles. The van der Waals surface area contributed by atoms with Crippen LogP contribution < -0.4 is 15.7 Å². The Labute approximate surface area is 176 Å². The summed E-state index contributed by atoms with van der Waals surface area (Å²) in [6.45, 7) is 1.16. The van der Waals surface area contributed by atoms with Gasteiger partial charge in [-0.1, -0.05) is 42.1 Å². The van der Waals surface area contributed by atoms with E-state index in [9.17, 15) is 19.2 Å². The number of esters is 1. The fraction of sp³-hybridized carbons (Fsp3) is 0.182. The molecule has 0 fully saturated rings. The molecule has 30 heavy (non-hydrogen) atoms. The second kappa shape index (κ2) is 9.89. The Bertz CT molecular complexity index is 1140. The summed E-state index contributed by atoms with van der Waals surface area (Å²) in [6, 6.07) is 15.4. The molecule has 0 radical (unpaired) electrons. The third-order valence-corrected chi connectivity index (χ3v) is 5.03. The van der Waals surface area contributed by atoms with Crippen LogP contribution in [-0.4, -0.2) is 23.5 Å². The van der Waals surface area contributed by atoms with Crippen LogP contribution in [0.25, 0.3) is 11.0 Å². The summed E-state index contributed by atoms with van der Waals surface area (Å²) in [7, 11) is 0. The van der Waals surface area contributed by atoms with Gasteiger partial charge in [0.2, 0.25) is 11.0 Å². The molecule has 0 unspecified atom stereocenters. The molecule has 1 aromatic heterocycles. The predicted octanol–water partition coefficient (Wildman–Crippen LogP) is 2.84. The van der Waals surface area contributed by atoms with Gasteiger partial charge in [-0.15, -0.1) is 0 Å². The van der Waals surface area contributed by atoms with Crippen molar-refractivity contribution < 1.29 is 23.5 Å². The molecule has 3 rings (SSSR count). The minimum atomic E-state index is -0.625. The van der Waals surface area contributed by atoms with E-state index in [0.29, 0.717) is 16.7 Å². The van der Waals surface area contributed by atoms with E-state index in [2.05, 4.69) is 5.32 Å². The zero-order valence-electron chi connectivity index (χ0n) is 16.2. The fourth-order valence-corrected chi connectivity index (χ4v) is 3.48. The van der Waals surface area contributed by atoms with Gasteiger partial charge in [-0.2, -0.15) is 0 Å². The Kier molecular flexibility index (Phi) is 7.03. The van der Waals surface area contributed by atoms with Crippen LogP contribution >= 0.6 is 11.8 Å². The van der Waals surface area contributed by atoms with Crippen LogP contribution in [0.2, 0.25) is 0 Å². The van der Waals surface area contributed by atoms with Gasteiger partial charge in [-0.3, -0.25) is 14.4 Å². The van der Waals surface area contributed by atoms with Crippen molar-refractivity contribution in [3.63, 3.8) is 0 Å². The quantitative estimate of drug-likeness (QED) is 0.353. The molecular formula is C22H19NO6S. The number of nitrogens with one attached hydrogen (secondary N) is 1. The minimum Gasteiger partial charge on any atom is -0.427 e. The zero-order valence-corrected chi connectivity index (χ0v) is 17.0. The van der Waals surface area contributed by atoms with Crippen molar-refractivity contribution >= 4 is 39.7 Å². The molecule has 154 valence electrons. The van der Waals surface area contributed by atoms with Crippen molar-refractivity contribution in [2.45, 2.75) is 19.1 Å². The molecule has 3 aromatic rings. The number of thioether (sulfide) groups is 1. The number of fused-ring (bicyclic) bond motifs is 1. The van der Waals surface area contributed by atoms with Gasteiger partial charge in [-0.25, -0.2) is 4.79 Å². The van der Waals surface area contributed by atoms with E-state index in [1.54, 1.807) is 12.1 Å². The molecule has 0 aliphatic heterocycles. The molecule has 0 spiro atoms. The van der Waals surface area contributed by atoms with E-state index in [4.69, 9.17) is 9.15 Å². The van der Waals surface area contributed by atoms with Gasteiger partial charge in [0.15, 0.2) is 0 Å². The molecule has 1 heterocycles. The van der Waals surface area contributed by atoms with Crippen molar-refractivity contribution in [2.75, 3.05) is 6.54 Å². The third kappa shape index (κ3) is 6.05. The second-order valence-corrected chi connectivity index (χ2v) is 7.47. The molecule has 7 nitrogen and oxygen atoms in total. The zero-order chi connectivity index (χ0) is 21.5. The Hall–Kier alpha value is -3.39. The molecular weight excluding hydrogens is 406 g/mol. The molecule has 1 amide bonds. The van der Waals surface area contributed by atoms with E-state index in [1.165, 1.54) is 19.1 Å². The van der Waals surface area contributed by atoms with Crippen molar-refractivity contribution in [1.82, 2.24) is 5.32 Å². The van der Waals surface area contributed by atoms with Crippen molar-refractivity contribution in [1.29, 1.82) is 0 Å². The summed E-state index contributed by atoms with van der Waals surface area (Å²) in [4.78, 5) is 47.2.